The standard InChI is InChI=1S/C7H11O.W/c1-2-4-7-5-3-6-8-7;/h3-5,7H,2,6H2,1H3;/q-1;/t7-;/m1./s1. The van der Waals surface area contributed by atoms with Crippen LogP contribution >= 0.6 is 0 Å². The molecule has 0 N–H and O–H groups in total. The van der Waals surface area contributed by atoms with E-state index in [2.05, 4.69) is 25.5 Å². The van der Waals surface area contributed by atoms with E-state index in [-0.39, 0.29) is 21.1 Å². The molecule has 0 fully saturated rings. The van der Waals surface area contributed by atoms with Crippen molar-refractivity contribution in [3.05, 3.63) is 18.6 Å². The van der Waals surface area contributed by atoms with Gasteiger partial charge in [0.25, 0.3) is 0 Å². The van der Waals surface area contributed by atoms with Crippen molar-refractivity contribution in [3.8, 4) is 0 Å². The third kappa shape index (κ3) is 3.17. The van der Waals surface area contributed by atoms with Crippen LogP contribution in [0.3, 0.4) is 0 Å². The molecule has 1 aliphatic heterocycles. The van der Waals surface area contributed by atoms with Gasteiger partial charge in [0.2, 0.25) is 0 Å². The van der Waals surface area contributed by atoms with E-state index >= 15 is 0 Å². The molecule has 1 aliphatic rings. The van der Waals surface area contributed by atoms with E-state index in [4.69, 9.17) is 4.74 Å². The molecule has 1 rings (SSSR count). The molecule has 0 saturated carbocycles. The van der Waals surface area contributed by atoms with Crippen molar-refractivity contribution in [1.82, 2.24) is 0 Å². The Morgan fingerprint density at radius 2 is 2.56 bits per heavy atom. The van der Waals surface area contributed by atoms with Crippen molar-refractivity contribution >= 4 is 0 Å². The van der Waals surface area contributed by atoms with Gasteiger partial charge in [-0.25, -0.2) is 0 Å². The molecule has 0 unspecified atom stereocenters. The summed E-state index contributed by atoms with van der Waals surface area (Å²) in [6.07, 6.45) is 7.69. The number of hydrogen-bond donors (Lipinski definition) is 0. The SMILES string of the molecule is CC[CH-][C@@H]1C=CCO1.[W]. The van der Waals surface area contributed by atoms with E-state index in [0.717, 1.165) is 13.0 Å². The smallest absolute Gasteiger partial charge is 0.0619 e. The Morgan fingerprint density at radius 1 is 1.78 bits per heavy atom. The summed E-state index contributed by atoms with van der Waals surface area (Å²) in [5.74, 6) is 0. The first-order valence-corrected chi connectivity index (χ1v) is 3.05. The van der Waals surface area contributed by atoms with Crippen LogP contribution in [0.2, 0.25) is 0 Å². The Hall–Kier alpha value is 0.388. The summed E-state index contributed by atoms with van der Waals surface area (Å²) in [5, 5.41) is 0. The molecule has 2 heteroatoms. The summed E-state index contributed by atoms with van der Waals surface area (Å²) in [6.45, 7) is 2.91. The minimum atomic E-state index is 0. The molecule has 0 aromatic heterocycles. The predicted octanol–water partition coefficient (Wildman–Crippen LogP) is 1.55. The fraction of sp³-hybridized carbons (Fsp3) is 0.571. The molecule has 0 amide bonds. The Kier molecular flexibility index (Phi) is 5.42. The zero-order valence-electron chi connectivity index (χ0n) is 5.54. The first-order valence-electron chi connectivity index (χ1n) is 3.05. The zero-order valence-corrected chi connectivity index (χ0v) is 8.47. The third-order valence-electron chi connectivity index (χ3n) is 1.18. The van der Waals surface area contributed by atoms with E-state index in [0.29, 0.717) is 6.10 Å². The maximum Gasteiger partial charge on any atom is 0.0619 e. The third-order valence-corrected chi connectivity index (χ3v) is 1.18. The molecular formula is C7H11OW-. The zero-order chi connectivity index (χ0) is 5.82. The Morgan fingerprint density at radius 3 is 3.00 bits per heavy atom. The second-order valence-electron chi connectivity index (χ2n) is 1.87. The van der Waals surface area contributed by atoms with Crippen LogP contribution in [0.25, 0.3) is 0 Å². The van der Waals surface area contributed by atoms with Crippen molar-refractivity contribution < 1.29 is 25.8 Å². The van der Waals surface area contributed by atoms with Gasteiger partial charge in [-0.15, -0.1) is 0 Å². The molecule has 1 atom stereocenters. The monoisotopic (exact) mass is 295 g/mol. The van der Waals surface area contributed by atoms with E-state index in [1.807, 2.05) is 0 Å². The van der Waals surface area contributed by atoms with Crippen molar-refractivity contribution in [2.45, 2.75) is 19.4 Å². The Balaban J connectivity index is 0.000000640. The molecule has 0 aromatic rings. The van der Waals surface area contributed by atoms with Crippen LogP contribution in [-0.4, -0.2) is 12.7 Å². The molecule has 0 bridgehead atoms. The average Bonchev–Trinajstić information content (AvgIpc) is 2.19. The van der Waals surface area contributed by atoms with Gasteiger partial charge in [-0.3, -0.25) is 6.42 Å². The molecule has 1 nitrogen and oxygen atoms in total. The molecular weight excluding hydrogens is 284 g/mol. The minimum Gasteiger partial charge on any atom is -0.402 e. The number of ether oxygens (including phenoxy) is 1. The maximum atomic E-state index is 5.23. The largest absolute Gasteiger partial charge is 0.402 e. The average molecular weight is 295 g/mol. The van der Waals surface area contributed by atoms with Crippen molar-refractivity contribution in [2.24, 2.45) is 0 Å². The molecule has 9 heavy (non-hydrogen) atoms. The van der Waals surface area contributed by atoms with Gasteiger partial charge in [0, 0.05) is 21.1 Å². The Bertz CT molecular complexity index is 90.9. The van der Waals surface area contributed by atoms with Gasteiger partial charge < -0.3 is 4.74 Å². The van der Waals surface area contributed by atoms with Crippen LogP contribution in [0.4, 0.5) is 0 Å². The molecule has 0 aliphatic carbocycles. The van der Waals surface area contributed by atoms with Gasteiger partial charge >= 0.3 is 0 Å². The van der Waals surface area contributed by atoms with Crippen LogP contribution in [-0.2, 0) is 25.8 Å². The van der Waals surface area contributed by atoms with E-state index in [1.165, 1.54) is 0 Å². The van der Waals surface area contributed by atoms with E-state index in [1.54, 1.807) is 0 Å². The molecule has 0 aromatic carbocycles. The minimum absolute atomic E-state index is 0. The number of rotatable bonds is 2. The summed E-state index contributed by atoms with van der Waals surface area (Å²) < 4.78 is 5.23. The first-order chi connectivity index (χ1) is 3.93. The van der Waals surface area contributed by atoms with Gasteiger partial charge in [0.05, 0.1) is 6.61 Å². The summed E-state index contributed by atoms with van der Waals surface area (Å²) in [7, 11) is 0. The summed E-state index contributed by atoms with van der Waals surface area (Å²) in [4.78, 5) is 0. The predicted molar refractivity (Wildman–Crippen MR) is 33.5 cm³/mol. The second kappa shape index (κ2) is 5.20. The molecule has 0 saturated heterocycles. The normalized spacial score (nSPS) is 23.9. The molecule has 52 valence electrons. The van der Waals surface area contributed by atoms with Crippen LogP contribution in [0, 0.1) is 6.42 Å². The summed E-state index contributed by atoms with van der Waals surface area (Å²) >= 11 is 0. The second-order valence-corrected chi connectivity index (χ2v) is 1.87. The first kappa shape index (κ1) is 9.39. The fourth-order valence-electron chi connectivity index (χ4n) is 0.791. The topological polar surface area (TPSA) is 9.23 Å². The van der Waals surface area contributed by atoms with Gasteiger partial charge in [-0.1, -0.05) is 19.1 Å². The van der Waals surface area contributed by atoms with Gasteiger partial charge in [0.15, 0.2) is 0 Å². The Labute approximate surface area is 70.7 Å². The quantitative estimate of drug-likeness (QED) is 0.555. The van der Waals surface area contributed by atoms with E-state index < -0.39 is 0 Å². The number of hydrogen-bond acceptors (Lipinski definition) is 1. The molecule has 0 radical (unpaired) electrons. The van der Waals surface area contributed by atoms with Crippen molar-refractivity contribution in [1.29, 1.82) is 0 Å². The van der Waals surface area contributed by atoms with Gasteiger partial charge in [-0.2, -0.15) is 6.42 Å². The van der Waals surface area contributed by atoms with E-state index in [9.17, 15) is 0 Å². The summed E-state index contributed by atoms with van der Waals surface area (Å²) in [5.41, 5.74) is 0. The fourth-order valence-corrected chi connectivity index (χ4v) is 0.791. The van der Waals surface area contributed by atoms with Crippen LogP contribution in [0.15, 0.2) is 12.2 Å². The molecule has 0 spiro atoms. The molecule has 1 heterocycles. The summed E-state index contributed by atoms with van der Waals surface area (Å²) in [6, 6.07) is 0. The van der Waals surface area contributed by atoms with Crippen LogP contribution in [0.1, 0.15) is 13.3 Å². The van der Waals surface area contributed by atoms with Gasteiger partial charge in [-0.05, 0) is 6.10 Å². The van der Waals surface area contributed by atoms with Crippen LogP contribution in [0.5, 0.6) is 0 Å². The van der Waals surface area contributed by atoms with Gasteiger partial charge in [0.1, 0.15) is 0 Å². The van der Waals surface area contributed by atoms with Crippen molar-refractivity contribution in [2.75, 3.05) is 6.61 Å². The van der Waals surface area contributed by atoms with Crippen molar-refractivity contribution in [3.63, 3.8) is 0 Å². The maximum absolute atomic E-state index is 5.23. The van der Waals surface area contributed by atoms with Crippen LogP contribution < -0.4 is 0 Å².